The Morgan fingerprint density at radius 2 is 1.71 bits per heavy atom. The summed E-state index contributed by atoms with van der Waals surface area (Å²) < 4.78 is 4.79. The number of hydrogen-bond donors (Lipinski definition) is 0. The van der Waals surface area contributed by atoms with Crippen LogP contribution in [0.3, 0.4) is 0 Å². The van der Waals surface area contributed by atoms with Gasteiger partial charge in [-0.1, -0.05) is 73.3 Å². The second kappa shape index (κ2) is 8.85. The van der Waals surface area contributed by atoms with E-state index >= 15 is 0 Å². The highest BCUT2D eigenvalue weighted by molar-refractivity contribution is 5.88. The second-order valence-electron chi connectivity index (χ2n) is 5.58. The predicted molar refractivity (Wildman–Crippen MR) is 97.4 cm³/mol. The van der Waals surface area contributed by atoms with E-state index in [1.165, 1.54) is 7.11 Å². The maximum Gasteiger partial charge on any atom is 0.334 e. The first-order chi connectivity index (χ1) is 11.7. The molecule has 0 heterocycles. The molecule has 2 aromatic carbocycles. The van der Waals surface area contributed by atoms with Crippen molar-refractivity contribution >= 4 is 5.97 Å². The number of nitrogens with zero attached hydrogens (tertiary/aromatic N) is 1. The number of carbonyl (C=O) groups is 1. The molecule has 0 saturated heterocycles. The lowest BCUT2D eigenvalue weighted by molar-refractivity contribution is -0.136. The minimum atomic E-state index is -0.385. The Hall–Kier alpha value is -2.65. The van der Waals surface area contributed by atoms with Gasteiger partial charge in [-0.25, -0.2) is 4.79 Å². The van der Waals surface area contributed by atoms with Crippen molar-refractivity contribution < 1.29 is 9.53 Å². The van der Waals surface area contributed by atoms with Gasteiger partial charge in [0.1, 0.15) is 0 Å². The van der Waals surface area contributed by atoms with Crippen LogP contribution >= 0.6 is 0 Å². The molecule has 0 amide bonds. The Morgan fingerprint density at radius 3 is 2.25 bits per heavy atom. The fourth-order valence-electron chi connectivity index (χ4n) is 2.67. The molecule has 0 aliphatic rings. The smallest absolute Gasteiger partial charge is 0.334 e. The average molecular weight is 321 g/mol. The molecule has 0 radical (unpaired) electrons. The van der Waals surface area contributed by atoms with Crippen molar-refractivity contribution in [2.24, 2.45) is 0 Å². The fraction of sp³-hybridized carbons (Fsp3) is 0.190. The molecule has 1 unspecified atom stereocenters. The lowest BCUT2D eigenvalue weighted by atomic mass is 10.0. The summed E-state index contributed by atoms with van der Waals surface area (Å²) in [7, 11) is 1.37. The van der Waals surface area contributed by atoms with Gasteiger partial charge in [0.25, 0.3) is 0 Å². The fourth-order valence-corrected chi connectivity index (χ4v) is 2.67. The summed E-state index contributed by atoms with van der Waals surface area (Å²) in [4.78, 5) is 13.9. The molecule has 0 aliphatic heterocycles. The number of carbonyl (C=O) groups excluding carboxylic acids is 1. The maximum absolute atomic E-state index is 11.8. The Balaban J connectivity index is 2.28. The topological polar surface area (TPSA) is 29.5 Å². The normalized spacial score (nSPS) is 11.8. The molecule has 2 aromatic rings. The largest absolute Gasteiger partial charge is 0.466 e. The van der Waals surface area contributed by atoms with Crippen molar-refractivity contribution in [3.05, 3.63) is 96.6 Å². The lowest BCUT2D eigenvalue weighted by Crippen LogP contribution is -2.31. The highest BCUT2D eigenvalue weighted by atomic mass is 16.5. The molecule has 0 spiro atoms. The zero-order valence-corrected chi connectivity index (χ0v) is 14.0. The number of hydrogen-bond acceptors (Lipinski definition) is 3. The zero-order valence-electron chi connectivity index (χ0n) is 14.0. The number of methoxy groups -OCH3 is 1. The molecular formula is C21H23NO2. The summed E-state index contributed by atoms with van der Waals surface area (Å²) in [5.41, 5.74) is 2.72. The van der Waals surface area contributed by atoms with Gasteiger partial charge >= 0.3 is 5.97 Å². The third kappa shape index (κ3) is 4.67. The van der Waals surface area contributed by atoms with E-state index < -0.39 is 0 Å². The third-order valence-corrected chi connectivity index (χ3v) is 3.85. The van der Waals surface area contributed by atoms with Crippen LogP contribution in [0.15, 0.2) is 85.5 Å². The highest BCUT2D eigenvalue weighted by Gasteiger charge is 2.21. The van der Waals surface area contributed by atoms with E-state index in [2.05, 4.69) is 42.3 Å². The molecule has 3 nitrogen and oxygen atoms in total. The second-order valence-corrected chi connectivity index (χ2v) is 5.58. The lowest BCUT2D eigenvalue weighted by Gasteiger charge is -2.30. The highest BCUT2D eigenvalue weighted by Crippen LogP contribution is 2.25. The number of ether oxygens (including phenoxy) is 1. The first-order valence-corrected chi connectivity index (χ1v) is 7.87. The molecule has 0 aliphatic carbocycles. The van der Waals surface area contributed by atoms with Gasteiger partial charge in [-0.15, -0.1) is 6.58 Å². The van der Waals surface area contributed by atoms with Crippen LogP contribution in [-0.4, -0.2) is 24.5 Å². The van der Waals surface area contributed by atoms with Crippen molar-refractivity contribution in [2.75, 3.05) is 13.7 Å². The molecule has 0 fully saturated rings. The minimum Gasteiger partial charge on any atom is -0.466 e. The van der Waals surface area contributed by atoms with Crippen LogP contribution in [0.1, 0.15) is 17.2 Å². The molecule has 0 aromatic heterocycles. The summed E-state index contributed by atoms with van der Waals surface area (Å²) in [6.07, 6.45) is 1.89. The molecule has 0 saturated carbocycles. The quantitative estimate of drug-likeness (QED) is 0.416. The van der Waals surface area contributed by atoms with Crippen LogP contribution in [0.25, 0.3) is 0 Å². The average Bonchev–Trinajstić information content (AvgIpc) is 2.63. The SMILES string of the molecule is C=CC(c1ccccc1)N(CC(=C)C(=O)OC)Cc1ccccc1. The van der Waals surface area contributed by atoms with Gasteiger partial charge < -0.3 is 4.74 Å². The molecule has 0 bridgehead atoms. The van der Waals surface area contributed by atoms with Crippen molar-refractivity contribution in [2.45, 2.75) is 12.6 Å². The molecule has 2 rings (SSSR count). The van der Waals surface area contributed by atoms with Crippen LogP contribution in [-0.2, 0) is 16.1 Å². The van der Waals surface area contributed by atoms with Gasteiger partial charge in [-0.05, 0) is 11.1 Å². The van der Waals surface area contributed by atoms with Crippen LogP contribution in [0.4, 0.5) is 0 Å². The third-order valence-electron chi connectivity index (χ3n) is 3.85. The van der Waals surface area contributed by atoms with Crippen molar-refractivity contribution in [1.29, 1.82) is 0 Å². The molecule has 3 heteroatoms. The summed E-state index contributed by atoms with van der Waals surface area (Å²) >= 11 is 0. The Bertz CT molecular complexity index is 679. The van der Waals surface area contributed by atoms with E-state index in [1.807, 2.05) is 42.5 Å². The maximum atomic E-state index is 11.8. The predicted octanol–water partition coefficient (Wildman–Crippen LogP) is 4.15. The molecule has 124 valence electrons. The Kier molecular flexibility index (Phi) is 6.52. The summed E-state index contributed by atoms with van der Waals surface area (Å²) in [6.45, 7) is 8.94. The first kappa shape index (κ1) is 17.7. The summed E-state index contributed by atoms with van der Waals surface area (Å²) in [6, 6.07) is 20.2. The van der Waals surface area contributed by atoms with Crippen molar-refractivity contribution in [1.82, 2.24) is 4.90 Å². The Morgan fingerprint density at radius 1 is 1.12 bits per heavy atom. The van der Waals surface area contributed by atoms with Gasteiger partial charge in [0.15, 0.2) is 0 Å². The monoisotopic (exact) mass is 321 g/mol. The van der Waals surface area contributed by atoms with E-state index in [-0.39, 0.29) is 12.0 Å². The van der Waals surface area contributed by atoms with Gasteiger partial charge in [0, 0.05) is 18.7 Å². The summed E-state index contributed by atoms with van der Waals surface area (Å²) in [5, 5.41) is 0. The van der Waals surface area contributed by atoms with E-state index in [4.69, 9.17) is 4.74 Å². The van der Waals surface area contributed by atoms with Crippen LogP contribution < -0.4 is 0 Å². The van der Waals surface area contributed by atoms with Gasteiger partial charge in [0.2, 0.25) is 0 Å². The number of benzene rings is 2. The van der Waals surface area contributed by atoms with Crippen LogP contribution in [0.2, 0.25) is 0 Å². The van der Waals surface area contributed by atoms with E-state index in [0.29, 0.717) is 18.7 Å². The number of rotatable bonds is 8. The molecule has 1 atom stereocenters. The standard InChI is InChI=1S/C21H23NO2/c1-4-20(19-13-9-6-10-14-19)22(15-17(2)21(23)24-3)16-18-11-7-5-8-12-18/h4-14,20H,1-2,15-16H2,3H3. The van der Waals surface area contributed by atoms with E-state index in [1.54, 1.807) is 0 Å². The van der Waals surface area contributed by atoms with E-state index in [9.17, 15) is 4.79 Å². The zero-order chi connectivity index (χ0) is 17.4. The van der Waals surface area contributed by atoms with Crippen molar-refractivity contribution in [3.8, 4) is 0 Å². The molecular weight excluding hydrogens is 298 g/mol. The van der Waals surface area contributed by atoms with Gasteiger partial charge in [0.05, 0.1) is 13.2 Å². The van der Waals surface area contributed by atoms with E-state index in [0.717, 1.165) is 11.1 Å². The molecule has 0 N–H and O–H groups in total. The summed E-state index contributed by atoms with van der Waals surface area (Å²) in [5.74, 6) is -0.385. The molecule has 24 heavy (non-hydrogen) atoms. The first-order valence-electron chi connectivity index (χ1n) is 7.87. The Labute approximate surface area is 143 Å². The number of esters is 1. The van der Waals surface area contributed by atoms with Gasteiger partial charge in [-0.3, -0.25) is 4.90 Å². The van der Waals surface area contributed by atoms with Gasteiger partial charge in [-0.2, -0.15) is 0 Å². The van der Waals surface area contributed by atoms with Crippen LogP contribution in [0.5, 0.6) is 0 Å². The van der Waals surface area contributed by atoms with Crippen LogP contribution in [0, 0.1) is 0 Å². The van der Waals surface area contributed by atoms with Crippen molar-refractivity contribution in [3.63, 3.8) is 0 Å². The minimum absolute atomic E-state index is 0.0205.